The van der Waals surface area contributed by atoms with Gasteiger partial charge in [-0.3, -0.25) is 4.79 Å². The number of nitrogens with zero attached hydrogens (tertiary/aromatic N) is 4. The van der Waals surface area contributed by atoms with Crippen LogP contribution < -0.4 is 10.1 Å². The van der Waals surface area contributed by atoms with Gasteiger partial charge in [0, 0.05) is 29.8 Å². The molecule has 4 heterocycles. The zero-order valence-corrected chi connectivity index (χ0v) is 16.0. The Morgan fingerprint density at radius 2 is 1.97 bits per heavy atom. The maximum atomic E-state index is 12.6. The second-order valence-electron chi connectivity index (χ2n) is 6.39. The molecular weight excluding hydrogens is 386 g/mol. The van der Waals surface area contributed by atoms with Gasteiger partial charge >= 0.3 is 0 Å². The maximum Gasteiger partial charge on any atom is 0.276 e. The van der Waals surface area contributed by atoms with Crippen LogP contribution in [-0.4, -0.2) is 32.4 Å². The predicted octanol–water partition coefficient (Wildman–Crippen LogP) is 3.85. The molecule has 0 bridgehead atoms. The molecule has 29 heavy (non-hydrogen) atoms. The molecule has 5 rings (SSSR count). The summed E-state index contributed by atoms with van der Waals surface area (Å²) >= 11 is 1.32. The number of anilines is 1. The smallest absolute Gasteiger partial charge is 0.276 e. The molecule has 8 heteroatoms. The molecule has 0 atom stereocenters. The van der Waals surface area contributed by atoms with Crippen LogP contribution in [0.5, 0.6) is 5.75 Å². The van der Waals surface area contributed by atoms with Crippen molar-refractivity contribution in [3.05, 3.63) is 71.5 Å². The van der Waals surface area contributed by atoms with Gasteiger partial charge in [-0.25, -0.2) is 19.9 Å². The van der Waals surface area contributed by atoms with E-state index in [1.807, 2.05) is 24.3 Å². The number of rotatable bonds is 4. The summed E-state index contributed by atoms with van der Waals surface area (Å²) in [6, 6.07) is 13.3. The maximum absolute atomic E-state index is 12.6. The first-order chi connectivity index (χ1) is 14.3. The summed E-state index contributed by atoms with van der Waals surface area (Å²) < 4.78 is 5.56. The number of fused-ring (bicyclic) bond motifs is 1. The van der Waals surface area contributed by atoms with Crippen LogP contribution in [0.4, 0.5) is 5.82 Å². The molecule has 0 aliphatic carbocycles. The lowest BCUT2D eigenvalue weighted by molar-refractivity contribution is 0.102. The lowest BCUT2D eigenvalue weighted by Crippen LogP contribution is -2.13. The molecule has 0 radical (unpaired) electrons. The number of benzene rings is 1. The number of nitrogens with one attached hydrogen (secondary N) is 1. The van der Waals surface area contributed by atoms with E-state index in [4.69, 9.17) is 4.74 Å². The number of ether oxygens (including phenoxy) is 1. The van der Waals surface area contributed by atoms with Crippen LogP contribution in [0, 0.1) is 0 Å². The minimum absolute atomic E-state index is 0.305. The molecule has 3 aromatic heterocycles. The van der Waals surface area contributed by atoms with Crippen molar-refractivity contribution in [2.75, 3.05) is 11.9 Å². The third kappa shape index (κ3) is 3.57. The lowest BCUT2D eigenvalue weighted by Gasteiger charge is -2.07. The Hall–Kier alpha value is -3.65. The minimum atomic E-state index is -0.324. The molecule has 1 amide bonds. The van der Waals surface area contributed by atoms with Crippen molar-refractivity contribution in [3.8, 4) is 27.8 Å². The fourth-order valence-electron chi connectivity index (χ4n) is 3.08. The van der Waals surface area contributed by atoms with E-state index in [-0.39, 0.29) is 5.91 Å². The molecule has 1 aliphatic heterocycles. The number of carbonyl (C=O) groups is 1. The Bertz CT molecular complexity index is 1190. The first-order valence-electron chi connectivity index (χ1n) is 9.04. The van der Waals surface area contributed by atoms with Gasteiger partial charge in [-0.05, 0) is 42.0 Å². The monoisotopic (exact) mass is 401 g/mol. The third-order valence-corrected chi connectivity index (χ3v) is 5.31. The van der Waals surface area contributed by atoms with Gasteiger partial charge in [0.1, 0.15) is 17.3 Å². The summed E-state index contributed by atoms with van der Waals surface area (Å²) in [5, 5.41) is 5.10. The lowest BCUT2D eigenvalue weighted by atomic mass is 10.1. The number of aromatic nitrogens is 4. The number of carbonyl (C=O) groups excluding carboxylic acids is 1. The number of thiazole rings is 1. The van der Waals surface area contributed by atoms with Gasteiger partial charge < -0.3 is 10.1 Å². The summed E-state index contributed by atoms with van der Waals surface area (Å²) in [6.45, 7) is 0.714. The Kier molecular flexibility index (Phi) is 4.45. The van der Waals surface area contributed by atoms with E-state index in [2.05, 4.69) is 31.3 Å². The van der Waals surface area contributed by atoms with Crippen LogP contribution in [0.15, 0.2) is 60.2 Å². The summed E-state index contributed by atoms with van der Waals surface area (Å²) in [4.78, 5) is 29.8. The number of hydrogen-bond acceptors (Lipinski definition) is 7. The van der Waals surface area contributed by atoms with E-state index in [9.17, 15) is 4.79 Å². The Balaban J connectivity index is 1.35. The Morgan fingerprint density at radius 3 is 2.86 bits per heavy atom. The molecule has 1 aromatic carbocycles. The molecular formula is C21H15N5O2S. The summed E-state index contributed by atoms with van der Waals surface area (Å²) in [5.74, 6) is 1.57. The van der Waals surface area contributed by atoms with Gasteiger partial charge in [0.25, 0.3) is 5.91 Å². The van der Waals surface area contributed by atoms with Crippen LogP contribution in [0.3, 0.4) is 0 Å². The average Bonchev–Trinajstić information content (AvgIpc) is 3.44. The summed E-state index contributed by atoms with van der Waals surface area (Å²) in [6.07, 6.45) is 4.19. The molecule has 1 aliphatic rings. The van der Waals surface area contributed by atoms with Crippen molar-refractivity contribution < 1.29 is 9.53 Å². The second-order valence-corrected chi connectivity index (χ2v) is 7.25. The fourth-order valence-corrected chi connectivity index (χ4v) is 3.83. The van der Waals surface area contributed by atoms with Crippen molar-refractivity contribution in [2.45, 2.75) is 6.42 Å². The van der Waals surface area contributed by atoms with E-state index < -0.39 is 0 Å². The first kappa shape index (κ1) is 17.4. The van der Waals surface area contributed by atoms with Gasteiger partial charge in [-0.1, -0.05) is 6.07 Å². The zero-order valence-electron chi connectivity index (χ0n) is 15.2. The molecule has 0 saturated carbocycles. The largest absolute Gasteiger partial charge is 0.493 e. The first-order valence-corrected chi connectivity index (χ1v) is 9.92. The van der Waals surface area contributed by atoms with Crippen LogP contribution in [-0.2, 0) is 6.42 Å². The van der Waals surface area contributed by atoms with Gasteiger partial charge in [0.05, 0.1) is 12.3 Å². The van der Waals surface area contributed by atoms with Crippen molar-refractivity contribution in [3.63, 3.8) is 0 Å². The van der Waals surface area contributed by atoms with E-state index in [1.54, 1.807) is 29.9 Å². The van der Waals surface area contributed by atoms with Crippen molar-refractivity contribution in [2.24, 2.45) is 0 Å². The highest BCUT2D eigenvalue weighted by molar-refractivity contribution is 7.13. The SMILES string of the molecule is O=C(Nc1cccc(-c2ccc3c(c2)CCO3)n1)c1csc(-c2ncccn2)n1. The van der Waals surface area contributed by atoms with Crippen LogP contribution in [0.2, 0.25) is 0 Å². The van der Waals surface area contributed by atoms with Gasteiger partial charge in [0.2, 0.25) is 0 Å². The van der Waals surface area contributed by atoms with E-state index in [0.717, 1.165) is 23.4 Å². The Labute approximate surface area is 170 Å². The molecule has 142 valence electrons. The molecule has 4 aromatic rings. The summed E-state index contributed by atoms with van der Waals surface area (Å²) in [5.41, 5.74) is 3.26. The highest BCUT2D eigenvalue weighted by Crippen LogP contribution is 2.30. The summed E-state index contributed by atoms with van der Waals surface area (Å²) in [7, 11) is 0. The van der Waals surface area contributed by atoms with E-state index in [1.165, 1.54) is 16.9 Å². The predicted molar refractivity (Wildman–Crippen MR) is 110 cm³/mol. The average molecular weight is 401 g/mol. The second kappa shape index (κ2) is 7.40. The van der Waals surface area contributed by atoms with Crippen LogP contribution in [0.25, 0.3) is 22.1 Å². The van der Waals surface area contributed by atoms with Crippen LogP contribution >= 0.6 is 11.3 Å². The highest BCUT2D eigenvalue weighted by atomic mass is 32.1. The minimum Gasteiger partial charge on any atom is -0.493 e. The quantitative estimate of drug-likeness (QED) is 0.559. The topological polar surface area (TPSA) is 89.9 Å². The van der Waals surface area contributed by atoms with E-state index in [0.29, 0.717) is 29.0 Å². The molecule has 7 nitrogen and oxygen atoms in total. The normalized spacial score (nSPS) is 12.3. The van der Waals surface area contributed by atoms with Gasteiger partial charge in [0.15, 0.2) is 10.8 Å². The highest BCUT2D eigenvalue weighted by Gasteiger charge is 2.15. The molecule has 0 fully saturated rings. The van der Waals surface area contributed by atoms with Crippen molar-refractivity contribution in [1.29, 1.82) is 0 Å². The van der Waals surface area contributed by atoms with Gasteiger partial charge in [-0.2, -0.15) is 0 Å². The number of hydrogen-bond donors (Lipinski definition) is 1. The van der Waals surface area contributed by atoms with Gasteiger partial charge in [-0.15, -0.1) is 11.3 Å². The van der Waals surface area contributed by atoms with Crippen molar-refractivity contribution in [1.82, 2.24) is 19.9 Å². The number of pyridine rings is 1. The Morgan fingerprint density at radius 1 is 1.07 bits per heavy atom. The number of amides is 1. The standard InChI is InChI=1S/C21H15N5O2S/c27-20(16-12-29-21(25-16)19-22-8-2-9-23-19)26-18-4-1-3-15(24-18)13-5-6-17-14(11-13)7-10-28-17/h1-6,8-9,11-12H,7,10H2,(H,24,26,27). The molecule has 1 N–H and O–H groups in total. The molecule has 0 saturated heterocycles. The van der Waals surface area contributed by atoms with Crippen molar-refractivity contribution >= 4 is 23.1 Å². The van der Waals surface area contributed by atoms with Crippen LogP contribution in [0.1, 0.15) is 16.1 Å². The zero-order chi connectivity index (χ0) is 19.6. The molecule has 0 spiro atoms. The van der Waals surface area contributed by atoms with E-state index >= 15 is 0 Å². The third-order valence-electron chi connectivity index (χ3n) is 4.47. The fraction of sp³-hybridized carbons (Fsp3) is 0.0952. The molecule has 0 unspecified atom stereocenters.